The lowest BCUT2D eigenvalue weighted by Gasteiger charge is -2.15. The van der Waals surface area contributed by atoms with E-state index < -0.39 is 0 Å². The first-order valence-corrected chi connectivity index (χ1v) is 9.18. The lowest BCUT2D eigenvalue weighted by Crippen LogP contribution is -2.24. The molecule has 0 unspecified atom stereocenters. The molecule has 2 aromatic carbocycles. The molecule has 1 aliphatic rings. The van der Waals surface area contributed by atoms with E-state index in [0.717, 1.165) is 25.1 Å². The van der Waals surface area contributed by atoms with Crippen LogP contribution in [0.3, 0.4) is 0 Å². The van der Waals surface area contributed by atoms with Crippen LogP contribution in [0, 0.1) is 0 Å². The second-order valence-electron chi connectivity index (χ2n) is 6.48. The summed E-state index contributed by atoms with van der Waals surface area (Å²) >= 11 is 0. The quantitative estimate of drug-likeness (QED) is 0.825. The molecular weight excluding hydrogens is 342 g/mol. The van der Waals surface area contributed by atoms with Crippen molar-refractivity contribution in [3.8, 4) is 0 Å². The topological polar surface area (TPSA) is 78.5 Å². The first-order valence-electron chi connectivity index (χ1n) is 9.18. The Hall–Kier alpha value is -3.15. The van der Waals surface area contributed by atoms with Crippen LogP contribution in [0.2, 0.25) is 0 Å². The Kier molecular flexibility index (Phi) is 5.86. The number of carbonyl (C=O) groups is 3. The molecule has 1 heterocycles. The fourth-order valence-corrected chi connectivity index (χ4v) is 2.96. The van der Waals surface area contributed by atoms with Gasteiger partial charge in [-0.25, -0.2) is 0 Å². The van der Waals surface area contributed by atoms with E-state index >= 15 is 0 Å². The summed E-state index contributed by atoms with van der Waals surface area (Å²) in [5, 5.41) is 5.63. The zero-order valence-corrected chi connectivity index (χ0v) is 15.3. The molecule has 0 aliphatic carbocycles. The van der Waals surface area contributed by atoms with Crippen molar-refractivity contribution in [2.75, 3.05) is 23.3 Å². The van der Waals surface area contributed by atoms with E-state index in [2.05, 4.69) is 10.6 Å². The van der Waals surface area contributed by atoms with Gasteiger partial charge in [0, 0.05) is 42.0 Å². The third kappa shape index (κ3) is 4.53. The van der Waals surface area contributed by atoms with E-state index in [1.54, 1.807) is 53.4 Å². The summed E-state index contributed by atoms with van der Waals surface area (Å²) in [4.78, 5) is 37.8. The van der Waals surface area contributed by atoms with E-state index in [0.29, 0.717) is 29.8 Å². The summed E-state index contributed by atoms with van der Waals surface area (Å²) in [6.45, 7) is 3.35. The number of amides is 3. The first-order chi connectivity index (χ1) is 13.1. The maximum Gasteiger partial charge on any atom is 0.255 e. The smallest absolute Gasteiger partial charge is 0.255 e. The Morgan fingerprint density at radius 1 is 0.963 bits per heavy atom. The van der Waals surface area contributed by atoms with Crippen molar-refractivity contribution < 1.29 is 14.4 Å². The summed E-state index contributed by atoms with van der Waals surface area (Å²) in [6.07, 6.45) is 2.33. The third-order valence-electron chi connectivity index (χ3n) is 4.46. The highest BCUT2D eigenvalue weighted by Crippen LogP contribution is 2.22. The highest BCUT2D eigenvalue weighted by Gasteiger charge is 2.21. The molecule has 6 heteroatoms. The fourth-order valence-electron chi connectivity index (χ4n) is 2.96. The van der Waals surface area contributed by atoms with E-state index in [1.165, 1.54) is 0 Å². The van der Waals surface area contributed by atoms with Crippen molar-refractivity contribution in [3.63, 3.8) is 0 Å². The van der Waals surface area contributed by atoms with Gasteiger partial charge in [0.15, 0.2) is 0 Å². The Morgan fingerprint density at radius 2 is 1.59 bits per heavy atom. The van der Waals surface area contributed by atoms with Gasteiger partial charge in [-0.2, -0.15) is 0 Å². The van der Waals surface area contributed by atoms with Crippen LogP contribution in [0.1, 0.15) is 46.9 Å². The summed E-state index contributed by atoms with van der Waals surface area (Å²) < 4.78 is 0. The van der Waals surface area contributed by atoms with Gasteiger partial charge in [0.05, 0.1) is 0 Å². The van der Waals surface area contributed by atoms with Gasteiger partial charge < -0.3 is 15.5 Å². The molecule has 0 radical (unpaired) electrons. The number of hydrogen-bond acceptors (Lipinski definition) is 3. The Balaban J connectivity index is 1.61. The monoisotopic (exact) mass is 365 g/mol. The van der Waals surface area contributed by atoms with Gasteiger partial charge in [-0.3, -0.25) is 14.4 Å². The van der Waals surface area contributed by atoms with Crippen LogP contribution >= 0.6 is 0 Å². The number of benzene rings is 2. The minimum Gasteiger partial charge on any atom is -0.352 e. The molecule has 0 aromatic heterocycles. The summed E-state index contributed by atoms with van der Waals surface area (Å²) in [6, 6.07) is 13.8. The molecule has 2 N–H and O–H groups in total. The molecule has 1 saturated heterocycles. The van der Waals surface area contributed by atoms with Crippen molar-refractivity contribution in [3.05, 3.63) is 59.7 Å². The van der Waals surface area contributed by atoms with Gasteiger partial charge in [0.25, 0.3) is 11.8 Å². The highest BCUT2D eigenvalue weighted by molar-refractivity contribution is 6.05. The number of nitrogens with one attached hydrogen (secondary N) is 2. The summed E-state index contributed by atoms with van der Waals surface area (Å²) in [5.41, 5.74) is 2.50. The SMILES string of the molecule is CCCNC(=O)c1ccc(NC(=O)c2ccc(N3CCCC3=O)cc2)cc1. The molecule has 3 amide bonds. The molecule has 0 spiro atoms. The summed E-state index contributed by atoms with van der Waals surface area (Å²) in [5.74, 6) is -0.241. The molecule has 3 rings (SSSR count). The molecule has 0 atom stereocenters. The molecule has 1 fully saturated rings. The number of carbonyl (C=O) groups excluding carboxylic acids is 3. The second kappa shape index (κ2) is 8.49. The average molecular weight is 365 g/mol. The highest BCUT2D eigenvalue weighted by atomic mass is 16.2. The lowest BCUT2D eigenvalue weighted by molar-refractivity contribution is -0.117. The van der Waals surface area contributed by atoms with Crippen LogP contribution in [0.4, 0.5) is 11.4 Å². The van der Waals surface area contributed by atoms with Gasteiger partial charge in [-0.15, -0.1) is 0 Å². The number of hydrogen-bond donors (Lipinski definition) is 2. The molecular formula is C21H23N3O3. The second-order valence-corrected chi connectivity index (χ2v) is 6.48. The van der Waals surface area contributed by atoms with Crippen molar-refractivity contribution in [1.29, 1.82) is 0 Å². The van der Waals surface area contributed by atoms with Gasteiger partial charge in [-0.1, -0.05) is 6.92 Å². The molecule has 0 bridgehead atoms. The normalized spacial score (nSPS) is 13.5. The van der Waals surface area contributed by atoms with Crippen molar-refractivity contribution in [2.45, 2.75) is 26.2 Å². The summed E-state index contributed by atoms with van der Waals surface area (Å²) in [7, 11) is 0. The Bertz CT molecular complexity index is 829. The fraction of sp³-hybridized carbons (Fsp3) is 0.286. The molecule has 0 saturated carbocycles. The van der Waals surface area contributed by atoms with Gasteiger partial charge in [0.2, 0.25) is 5.91 Å². The number of anilines is 2. The zero-order chi connectivity index (χ0) is 19.2. The largest absolute Gasteiger partial charge is 0.352 e. The van der Waals surface area contributed by atoms with Crippen LogP contribution < -0.4 is 15.5 Å². The number of rotatable bonds is 6. The van der Waals surface area contributed by atoms with Gasteiger partial charge >= 0.3 is 0 Å². The zero-order valence-electron chi connectivity index (χ0n) is 15.3. The van der Waals surface area contributed by atoms with Crippen LogP contribution in [0.5, 0.6) is 0 Å². The molecule has 6 nitrogen and oxygen atoms in total. The Labute approximate surface area is 158 Å². The van der Waals surface area contributed by atoms with Crippen LogP contribution in [-0.4, -0.2) is 30.8 Å². The predicted molar refractivity (Wildman–Crippen MR) is 105 cm³/mol. The molecule has 2 aromatic rings. The number of nitrogens with zero attached hydrogens (tertiary/aromatic N) is 1. The Morgan fingerprint density at radius 3 is 2.19 bits per heavy atom. The third-order valence-corrected chi connectivity index (χ3v) is 4.46. The van der Waals surface area contributed by atoms with Crippen molar-refractivity contribution in [2.24, 2.45) is 0 Å². The average Bonchev–Trinajstić information content (AvgIpc) is 3.12. The maximum absolute atomic E-state index is 12.4. The first kappa shape index (κ1) is 18.6. The van der Waals surface area contributed by atoms with Crippen LogP contribution in [-0.2, 0) is 4.79 Å². The van der Waals surface area contributed by atoms with E-state index in [-0.39, 0.29) is 17.7 Å². The van der Waals surface area contributed by atoms with E-state index in [9.17, 15) is 14.4 Å². The van der Waals surface area contributed by atoms with Crippen LogP contribution in [0.15, 0.2) is 48.5 Å². The molecule has 1 aliphatic heterocycles. The lowest BCUT2D eigenvalue weighted by atomic mass is 10.1. The van der Waals surface area contributed by atoms with Gasteiger partial charge in [0.1, 0.15) is 0 Å². The molecule has 27 heavy (non-hydrogen) atoms. The molecule has 140 valence electrons. The van der Waals surface area contributed by atoms with E-state index in [4.69, 9.17) is 0 Å². The van der Waals surface area contributed by atoms with E-state index in [1.807, 2.05) is 6.92 Å². The maximum atomic E-state index is 12.4. The minimum absolute atomic E-state index is 0.121. The van der Waals surface area contributed by atoms with Crippen molar-refractivity contribution in [1.82, 2.24) is 5.32 Å². The minimum atomic E-state index is -0.238. The van der Waals surface area contributed by atoms with Gasteiger partial charge in [-0.05, 0) is 61.4 Å². The van der Waals surface area contributed by atoms with Crippen molar-refractivity contribution >= 4 is 29.1 Å². The standard InChI is InChI=1S/C21H23N3O3/c1-2-13-22-20(26)15-5-9-17(10-6-15)23-21(27)16-7-11-18(12-8-16)24-14-3-4-19(24)25/h5-12H,2-4,13-14H2,1H3,(H,22,26)(H,23,27). The predicted octanol–water partition coefficient (Wildman–Crippen LogP) is 3.21. The van der Waals surface area contributed by atoms with Crippen LogP contribution in [0.25, 0.3) is 0 Å².